The molecule has 0 spiro atoms. The fraction of sp³-hybridized carbons (Fsp3) is 0.261. The Labute approximate surface area is 195 Å². The van der Waals surface area contributed by atoms with Crippen LogP contribution >= 0.6 is 22.9 Å². The molecule has 0 fully saturated rings. The van der Waals surface area contributed by atoms with Crippen LogP contribution in [0, 0.1) is 5.92 Å². The monoisotopic (exact) mass is 473 g/mol. The summed E-state index contributed by atoms with van der Waals surface area (Å²) in [5, 5.41) is 3.83. The number of hydrazine groups is 1. The van der Waals surface area contributed by atoms with Crippen LogP contribution in [0.2, 0.25) is 5.02 Å². The maximum Gasteiger partial charge on any atom is 0.281 e. The van der Waals surface area contributed by atoms with Gasteiger partial charge in [0.1, 0.15) is 16.7 Å². The van der Waals surface area contributed by atoms with Gasteiger partial charge in [0.15, 0.2) is 0 Å². The number of carbonyl (C=O) groups excluding carboxylic acids is 3. The molecule has 1 unspecified atom stereocenters. The van der Waals surface area contributed by atoms with Crippen LogP contribution in [-0.4, -0.2) is 30.4 Å². The molecule has 7 nitrogen and oxygen atoms in total. The standard InChI is InChI=1S/C23H24ClN3O4S/c1-4-31-16-11-7-5-9-14(16)21(28)25-19(13(2)3)22(29)26-27-23(30)20-18(24)15-10-6-8-12-17(15)32-20/h5-13,19H,4H2,1-3H3,(H,25,28)(H,26,29)(H,27,30). The lowest BCUT2D eigenvalue weighted by molar-refractivity contribution is -0.124. The summed E-state index contributed by atoms with van der Waals surface area (Å²) in [6.07, 6.45) is 0. The predicted octanol–water partition coefficient (Wildman–Crippen LogP) is 4.17. The molecule has 1 heterocycles. The van der Waals surface area contributed by atoms with E-state index in [0.717, 1.165) is 10.1 Å². The summed E-state index contributed by atoms with van der Waals surface area (Å²) >= 11 is 7.56. The Balaban J connectivity index is 1.68. The Kier molecular flexibility index (Phi) is 7.71. The molecule has 0 saturated heterocycles. The summed E-state index contributed by atoms with van der Waals surface area (Å²) in [6, 6.07) is 13.3. The molecular weight excluding hydrogens is 450 g/mol. The van der Waals surface area contributed by atoms with E-state index in [-0.39, 0.29) is 5.92 Å². The topological polar surface area (TPSA) is 96.5 Å². The minimum Gasteiger partial charge on any atom is -0.493 e. The molecule has 0 aliphatic carbocycles. The molecule has 3 aromatic rings. The molecule has 168 valence electrons. The van der Waals surface area contributed by atoms with Crippen LogP contribution in [0.15, 0.2) is 48.5 Å². The normalized spacial score (nSPS) is 11.8. The largest absolute Gasteiger partial charge is 0.493 e. The maximum atomic E-state index is 12.8. The van der Waals surface area contributed by atoms with Gasteiger partial charge in [0.25, 0.3) is 17.7 Å². The smallest absolute Gasteiger partial charge is 0.281 e. The molecule has 0 radical (unpaired) electrons. The van der Waals surface area contributed by atoms with E-state index in [9.17, 15) is 14.4 Å². The number of halogens is 1. The second-order valence-electron chi connectivity index (χ2n) is 7.31. The summed E-state index contributed by atoms with van der Waals surface area (Å²) in [7, 11) is 0. The Morgan fingerprint density at radius 1 is 1.00 bits per heavy atom. The van der Waals surface area contributed by atoms with Crippen molar-refractivity contribution in [2.45, 2.75) is 26.8 Å². The fourth-order valence-electron chi connectivity index (χ4n) is 3.10. The highest BCUT2D eigenvalue weighted by Crippen LogP contribution is 2.34. The van der Waals surface area contributed by atoms with Gasteiger partial charge in [0.05, 0.1) is 17.2 Å². The zero-order chi connectivity index (χ0) is 23.3. The van der Waals surface area contributed by atoms with Crippen LogP contribution in [0.25, 0.3) is 10.1 Å². The van der Waals surface area contributed by atoms with Crippen molar-refractivity contribution in [1.82, 2.24) is 16.2 Å². The molecule has 0 aliphatic rings. The van der Waals surface area contributed by atoms with Crippen molar-refractivity contribution < 1.29 is 19.1 Å². The number of hydrogen-bond donors (Lipinski definition) is 3. The van der Waals surface area contributed by atoms with Gasteiger partial charge in [-0.05, 0) is 31.0 Å². The van der Waals surface area contributed by atoms with E-state index in [2.05, 4.69) is 16.2 Å². The van der Waals surface area contributed by atoms with Gasteiger partial charge in [0.2, 0.25) is 0 Å². The molecule has 32 heavy (non-hydrogen) atoms. The molecule has 0 saturated carbocycles. The van der Waals surface area contributed by atoms with E-state index in [1.54, 1.807) is 38.1 Å². The molecule has 1 aromatic heterocycles. The van der Waals surface area contributed by atoms with Gasteiger partial charge in [0, 0.05) is 10.1 Å². The van der Waals surface area contributed by atoms with Crippen molar-refractivity contribution in [2.24, 2.45) is 5.92 Å². The zero-order valence-electron chi connectivity index (χ0n) is 17.9. The first-order valence-corrected chi connectivity index (χ1v) is 11.3. The number of para-hydroxylation sites is 1. The van der Waals surface area contributed by atoms with Gasteiger partial charge in [-0.2, -0.15) is 0 Å². The van der Waals surface area contributed by atoms with Gasteiger partial charge in [-0.15, -0.1) is 11.3 Å². The molecule has 9 heteroatoms. The van der Waals surface area contributed by atoms with Crippen molar-refractivity contribution in [1.29, 1.82) is 0 Å². The summed E-state index contributed by atoms with van der Waals surface area (Å²) in [5.74, 6) is -1.32. The number of amides is 3. The highest BCUT2D eigenvalue weighted by molar-refractivity contribution is 7.21. The third-order valence-electron chi connectivity index (χ3n) is 4.71. The molecule has 1 atom stereocenters. The lowest BCUT2D eigenvalue weighted by atomic mass is 10.0. The van der Waals surface area contributed by atoms with E-state index in [1.165, 1.54) is 11.3 Å². The van der Waals surface area contributed by atoms with Crippen LogP contribution in [0.5, 0.6) is 5.75 Å². The van der Waals surface area contributed by atoms with Crippen molar-refractivity contribution >= 4 is 50.7 Å². The molecule has 3 rings (SSSR count). The first kappa shape index (κ1) is 23.6. The molecule has 3 N–H and O–H groups in total. The minimum absolute atomic E-state index is 0.233. The Hall–Kier alpha value is -3.10. The van der Waals surface area contributed by atoms with Crippen LogP contribution in [0.3, 0.4) is 0 Å². The van der Waals surface area contributed by atoms with Crippen LogP contribution < -0.4 is 20.9 Å². The number of rotatable bonds is 7. The van der Waals surface area contributed by atoms with Crippen molar-refractivity contribution in [3.05, 3.63) is 64.0 Å². The summed E-state index contributed by atoms with van der Waals surface area (Å²) in [5.41, 5.74) is 5.11. The zero-order valence-corrected chi connectivity index (χ0v) is 19.5. The lowest BCUT2D eigenvalue weighted by Gasteiger charge is -2.22. The highest BCUT2D eigenvalue weighted by atomic mass is 35.5. The molecule has 0 bridgehead atoms. The fourth-order valence-corrected chi connectivity index (χ4v) is 4.51. The van der Waals surface area contributed by atoms with Crippen LogP contribution in [-0.2, 0) is 4.79 Å². The number of nitrogens with one attached hydrogen (secondary N) is 3. The second-order valence-corrected chi connectivity index (χ2v) is 8.74. The SMILES string of the molecule is CCOc1ccccc1C(=O)NC(C(=O)NNC(=O)c1sc2ccccc2c1Cl)C(C)C. The molecule has 0 aliphatic heterocycles. The third-order valence-corrected chi connectivity index (χ3v) is 6.38. The minimum atomic E-state index is -0.879. The maximum absolute atomic E-state index is 12.8. The van der Waals surface area contributed by atoms with Gasteiger partial charge in [-0.3, -0.25) is 25.2 Å². The predicted molar refractivity (Wildman–Crippen MR) is 126 cm³/mol. The van der Waals surface area contributed by atoms with Crippen LogP contribution in [0.1, 0.15) is 40.8 Å². The van der Waals surface area contributed by atoms with E-state index in [1.807, 2.05) is 31.2 Å². The van der Waals surface area contributed by atoms with E-state index in [0.29, 0.717) is 27.8 Å². The second kappa shape index (κ2) is 10.5. The average molecular weight is 474 g/mol. The van der Waals surface area contributed by atoms with Gasteiger partial charge < -0.3 is 10.1 Å². The van der Waals surface area contributed by atoms with Gasteiger partial charge in [-0.25, -0.2) is 0 Å². The highest BCUT2D eigenvalue weighted by Gasteiger charge is 2.27. The van der Waals surface area contributed by atoms with Crippen LogP contribution in [0.4, 0.5) is 0 Å². The number of hydrogen-bond acceptors (Lipinski definition) is 5. The third kappa shape index (κ3) is 5.20. The van der Waals surface area contributed by atoms with E-state index in [4.69, 9.17) is 16.3 Å². The molecular formula is C23H24ClN3O4S. The molecule has 3 amide bonds. The number of fused-ring (bicyclic) bond motifs is 1. The van der Waals surface area contributed by atoms with Gasteiger partial charge in [-0.1, -0.05) is 55.8 Å². The summed E-state index contributed by atoms with van der Waals surface area (Å²) in [6.45, 7) is 5.82. The Morgan fingerprint density at radius 2 is 1.69 bits per heavy atom. The van der Waals surface area contributed by atoms with Crippen molar-refractivity contribution in [3.8, 4) is 5.75 Å². The lowest BCUT2D eigenvalue weighted by Crippen LogP contribution is -2.54. The summed E-state index contributed by atoms with van der Waals surface area (Å²) in [4.78, 5) is 38.4. The average Bonchev–Trinajstić information content (AvgIpc) is 3.12. The van der Waals surface area contributed by atoms with Crippen molar-refractivity contribution in [3.63, 3.8) is 0 Å². The number of carbonyl (C=O) groups is 3. The quantitative estimate of drug-likeness (QED) is 0.449. The van der Waals surface area contributed by atoms with Gasteiger partial charge >= 0.3 is 0 Å². The van der Waals surface area contributed by atoms with E-state index >= 15 is 0 Å². The Morgan fingerprint density at radius 3 is 2.38 bits per heavy atom. The first-order chi connectivity index (χ1) is 15.3. The Bertz CT molecular complexity index is 1150. The number of ether oxygens (including phenoxy) is 1. The first-order valence-electron chi connectivity index (χ1n) is 10.1. The summed E-state index contributed by atoms with van der Waals surface area (Å²) < 4.78 is 6.36. The number of benzene rings is 2. The van der Waals surface area contributed by atoms with E-state index < -0.39 is 23.8 Å². The number of thiophene rings is 1. The molecule has 2 aromatic carbocycles. The van der Waals surface area contributed by atoms with Crippen molar-refractivity contribution in [2.75, 3.05) is 6.61 Å².